The van der Waals surface area contributed by atoms with Crippen molar-refractivity contribution in [2.45, 2.75) is 25.7 Å². The highest BCUT2D eigenvalue weighted by atomic mass is 79.9. The molecule has 0 aliphatic carbocycles. The lowest BCUT2D eigenvalue weighted by Crippen LogP contribution is -2.29. The normalized spacial score (nSPS) is 14.2. The Labute approximate surface area is 195 Å². The van der Waals surface area contributed by atoms with Crippen LogP contribution in [-0.4, -0.2) is 28.8 Å². The number of piperidine rings is 1. The van der Waals surface area contributed by atoms with Crippen LogP contribution in [0.3, 0.4) is 0 Å². The van der Waals surface area contributed by atoms with Crippen molar-refractivity contribution in [1.29, 1.82) is 0 Å². The fourth-order valence-electron chi connectivity index (χ4n) is 3.77. The van der Waals surface area contributed by atoms with Crippen molar-refractivity contribution in [2.75, 3.05) is 18.4 Å². The number of benzene rings is 2. The van der Waals surface area contributed by atoms with Gasteiger partial charge in [-0.1, -0.05) is 33.6 Å². The molecule has 30 heavy (non-hydrogen) atoms. The van der Waals surface area contributed by atoms with Crippen LogP contribution in [0.25, 0.3) is 5.69 Å². The molecule has 0 unspecified atom stereocenters. The molecule has 1 amide bonds. The number of halogens is 3. The number of aromatic nitrogens is 2. The van der Waals surface area contributed by atoms with E-state index in [1.165, 1.54) is 0 Å². The smallest absolute Gasteiger partial charge is 0.259 e. The number of hydrogen-bond donors (Lipinski definition) is 2. The van der Waals surface area contributed by atoms with Gasteiger partial charge in [0.25, 0.3) is 5.91 Å². The fourth-order valence-corrected chi connectivity index (χ4v) is 4.20. The number of nitrogens with zero attached hydrogens (tertiary/aromatic N) is 2. The zero-order valence-electron chi connectivity index (χ0n) is 16.5. The Bertz CT molecular complexity index is 1030. The predicted molar refractivity (Wildman–Crippen MR) is 127 cm³/mol. The van der Waals surface area contributed by atoms with Gasteiger partial charge in [-0.3, -0.25) is 4.79 Å². The quantitative estimate of drug-likeness (QED) is 0.471. The first-order valence-electron chi connectivity index (χ1n) is 9.65. The van der Waals surface area contributed by atoms with Gasteiger partial charge in [-0.2, -0.15) is 5.10 Å². The van der Waals surface area contributed by atoms with Gasteiger partial charge in [0.2, 0.25) is 0 Å². The van der Waals surface area contributed by atoms with E-state index in [-0.39, 0.29) is 24.2 Å². The summed E-state index contributed by atoms with van der Waals surface area (Å²) in [4.78, 5) is 13.1. The molecule has 1 fully saturated rings. The second-order valence-corrected chi connectivity index (χ2v) is 8.55. The molecule has 2 heterocycles. The summed E-state index contributed by atoms with van der Waals surface area (Å²) in [7, 11) is 0. The number of rotatable bonds is 4. The van der Waals surface area contributed by atoms with Crippen molar-refractivity contribution in [1.82, 2.24) is 15.1 Å². The van der Waals surface area contributed by atoms with E-state index in [4.69, 9.17) is 11.6 Å². The minimum atomic E-state index is -0.146. The molecule has 5 nitrogen and oxygen atoms in total. The van der Waals surface area contributed by atoms with Gasteiger partial charge in [-0.05, 0) is 74.8 Å². The number of carbonyl (C=O) groups is 1. The highest BCUT2D eigenvalue weighted by Gasteiger charge is 2.27. The maximum absolute atomic E-state index is 13.1. The van der Waals surface area contributed by atoms with Crippen LogP contribution in [0.4, 0.5) is 5.69 Å². The van der Waals surface area contributed by atoms with Gasteiger partial charge in [0.1, 0.15) is 0 Å². The molecule has 8 heteroatoms. The average Bonchev–Trinajstić information content (AvgIpc) is 3.17. The van der Waals surface area contributed by atoms with Crippen molar-refractivity contribution in [3.63, 3.8) is 0 Å². The molecule has 0 spiro atoms. The van der Waals surface area contributed by atoms with Crippen molar-refractivity contribution < 1.29 is 4.79 Å². The predicted octanol–water partition coefficient (Wildman–Crippen LogP) is 5.74. The van der Waals surface area contributed by atoms with Crippen LogP contribution in [0.5, 0.6) is 0 Å². The second-order valence-electron chi connectivity index (χ2n) is 7.22. The summed E-state index contributed by atoms with van der Waals surface area (Å²) in [6.07, 6.45) is 3.60. The van der Waals surface area contributed by atoms with E-state index in [1.54, 1.807) is 6.20 Å². The Morgan fingerprint density at radius 3 is 2.60 bits per heavy atom. The molecule has 2 N–H and O–H groups in total. The van der Waals surface area contributed by atoms with Crippen LogP contribution in [-0.2, 0) is 0 Å². The van der Waals surface area contributed by atoms with Crippen molar-refractivity contribution in [3.8, 4) is 5.69 Å². The maximum Gasteiger partial charge on any atom is 0.259 e. The molecule has 0 bridgehead atoms. The summed E-state index contributed by atoms with van der Waals surface area (Å²) in [6, 6.07) is 13.3. The molecule has 4 rings (SSSR count). The third-order valence-electron chi connectivity index (χ3n) is 5.35. The van der Waals surface area contributed by atoms with Crippen LogP contribution in [0.15, 0.2) is 53.1 Å². The molecule has 2 aromatic carbocycles. The first-order valence-corrected chi connectivity index (χ1v) is 10.8. The minimum Gasteiger partial charge on any atom is -0.322 e. The van der Waals surface area contributed by atoms with Crippen molar-refractivity contribution in [2.24, 2.45) is 0 Å². The van der Waals surface area contributed by atoms with Crippen LogP contribution >= 0.6 is 39.9 Å². The first-order chi connectivity index (χ1) is 14.0. The fraction of sp³-hybridized carbons (Fsp3) is 0.273. The van der Waals surface area contributed by atoms with Crippen molar-refractivity contribution in [3.05, 3.63) is 75.0 Å². The van der Waals surface area contributed by atoms with Gasteiger partial charge in [0, 0.05) is 21.1 Å². The standard InChI is InChI=1S/C22H22BrClN4O.ClH/c1-14-19(24)3-2-4-20(14)28-21(15-9-11-25-12-10-15)18(13-26-28)22(29)27-17-7-5-16(23)6-8-17;/h2-8,13,15,25H,9-12H2,1H3,(H,27,29);1H. The lowest BCUT2D eigenvalue weighted by atomic mass is 9.91. The van der Waals surface area contributed by atoms with E-state index in [1.807, 2.05) is 54.1 Å². The topological polar surface area (TPSA) is 59.0 Å². The van der Waals surface area contributed by atoms with Crippen LogP contribution < -0.4 is 10.6 Å². The summed E-state index contributed by atoms with van der Waals surface area (Å²) in [5, 5.41) is 11.7. The van der Waals surface area contributed by atoms with E-state index < -0.39 is 0 Å². The van der Waals surface area contributed by atoms with Gasteiger partial charge >= 0.3 is 0 Å². The molecular formula is C22H23BrCl2N4O. The molecule has 1 aliphatic rings. The zero-order chi connectivity index (χ0) is 20.4. The van der Waals surface area contributed by atoms with Crippen LogP contribution in [0.2, 0.25) is 5.02 Å². The first kappa shape index (κ1) is 22.8. The Kier molecular flexibility index (Phi) is 7.58. The number of amides is 1. The lowest BCUT2D eigenvalue weighted by Gasteiger charge is -2.25. The molecule has 1 aliphatic heterocycles. The Balaban J connectivity index is 0.00000256. The van der Waals surface area contributed by atoms with Gasteiger partial charge in [0.15, 0.2) is 0 Å². The molecule has 1 aromatic heterocycles. The summed E-state index contributed by atoms with van der Waals surface area (Å²) >= 11 is 9.78. The molecule has 3 aromatic rings. The zero-order valence-corrected chi connectivity index (χ0v) is 19.6. The molecule has 1 saturated heterocycles. The number of carbonyl (C=O) groups excluding carboxylic acids is 1. The third-order valence-corrected chi connectivity index (χ3v) is 6.28. The summed E-state index contributed by atoms with van der Waals surface area (Å²) in [6.45, 7) is 3.84. The van der Waals surface area contributed by atoms with Crippen LogP contribution in [0.1, 0.15) is 40.4 Å². The van der Waals surface area contributed by atoms with E-state index in [2.05, 4.69) is 31.7 Å². The Morgan fingerprint density at radius 2 is 1.90 bits per heavy atom. The van der Waals surface area contributed by atoms with E-state index in [0.29, 0.717) is 10.6 Å². The average molecular weight is 510 g/mol. The molecule has 0 saturated carbocycles. The minimum absolute atomic E-state index is 0. The SMILES string of the molecule is Cc1c(Cl)cccc1-n1ncc(C(=O)Nc2ccc(Br)cc2)c1C1CCNCC1.Cl. The Hall–Kier alpha value is -1.86. The second kappa shape index (κ2) is 9.96. The summed E-state index contributed by atoms with van der Waals surface area (Å²) in [5.41, 5.74) is 4.17. The highest BCUT2D eigenvalue weighted by molar-refractivity contribution is 9.10. The van der Waals surface area contributed by atoms with Gasteiger partial charge < -0.3 is 10.6 Å². The Morgan fingerprint density at radius 1 is 1.20 bits per heavy atom. The number of anilines is 1. The number of hydrogen-bond acceptors (Lipinski definition) is 3. The molecule has 158 valence electrons. The summed E-state index contributed by atoms with van der Waals surface area (Å²) < 4.78 is 2.86. The largest absolute Gasteiger partial charge is 0.322 e. The number of nitrogens with one attached hydrogen (secondary N) is 2. The van der Waals surface area contributed by atoms with Gasteiger partial charge in [-0.25, -0.2) is 4.68 Å². The monoisotopic (exact) mass is 508 g/mol. The van der Waals surface area contributed by atoms with E-state index >= 15 is 0 Å². The lowest BCUT2D eigenvalue weighted by molar-refractivity contribution is 0.102. The van der Waals surface area contributed by atoms with Crippen molar-refractivity contribution >= 4 is 51.5 Å². The highest BCUT2D eigenvalue weighted by Crippen LogP contribution is 2.32. The van der Waals surface area contributed by atoms with Crippen LogP contribution in [0, 0.1) is 6.92 Å². The molecule has 0 atom stereocenters. The van der Waals surface area contributed by atoms with E-state index in [0.717, 1.165) is 53.0 Å². The van der Waals surface area contributed by atoms with Gasteiger partial charge in [-0.15, -0.1) is 12.4 Å². The van der Waals surface area contributed by atoms with E-state index in [9.17, 15) is 4.79 Å². The molecule has 0 radical (unpaired) electrons. The summed E-state index contributed by atoms with van der Waals surface area (Å²) in [5.74, 6) is 0.106. The maximum atomic E-state index is 13.1. The van der Waals surface area contributed by atoms with Gasteiger partial charge in [0.05, 0.1) is 23.1 Å². The third kappa shape index (κ3) is 4.72. The molecular weight excluding hydrogens is 487 g/mol.